The zero-order chi connectivity index (χ0) is 20.5. The average Bonchev–Trinajstić information content (AvgIpc) is 2.61. The van der Waals surface area contributed by atoms with Crippen LogP contribution in [0, 0.1) is 6.92 Å². The molecular weight excluding hydrogens is 374 g/mol. The number of nitrogens with zero attached hydrogens (tertiary/aromatic N) is 2. The molecule has 2 aromatic rings. The molecule has 2 heterocycles. The molecule has 0 saturated carbocycles. The van der Waals surface area contributed by atoms with Crippen molar-refractivity contribution in [2.45, 2.75) is 44.6 Å². The van der Waals surface area contributed by atoms with E-state index in [4.69, 9.17) is 0 Å². The molecule has 1 N–H and O–H groups in total. The predicted octanol–water partition coefficient (Wildman–Crippen LogP) is 5.29. The number of urea groups is 1. The highest BCUT2D eigenvalue weighted by Gasteiger charge is 2.43. The molecule has 8 heteroatoms. The lowest BCUT2D eigenvalue weighted by molar-refractivity contribution is -0.137. The number of benzene rings is 1. The molecule has 1 aliphatic heterocycles. The fraction of sp³-hybridized carbons (Fsp3) is 0.400. The molecule has 28 heavy (non-hydrogen) atoms. The molecule has 1 saturated heterocycles. The first-order valence-corrected chi connectivity index (χ1v) is 8.96. The van der Waals surface area contributed by atoms with Gasteiger partial charge in [0.25, 0.3) is 0 Å². The first-order valence-electron chi connectivity index (χ1n) is 8.96. The van der Waals surface area contributed by atoms with Gasteiger partial charge in [0, 0.05) is 37.3 Å². The summed E-state index contributed by atoms with van der Waals surface area (Å²) in [5.74, 6) is 0. The van der Waals surface area contributed by atoms with Crippen LogP contribution in [0.15, 0.2) is 42.6 Å². The number of halogens is 4. The zero-order valence-corrected chi connectivity index (χ0v) is 15.6. The van der Waals surface area contributed by atoms with Crippen molar-refractivity contribution in [3.05, 3.63) is 59.4 Å². The number of amides is 2. The third-order valence-electron chi connectivity index (χ3n) is 5.06. The molecule has 3 rings (SSSR count). The number of hydrogen-bond donors (Lipinski definition) is 1. The van der Waals surface area contributed by atoms with E-state index in [0.29, 0.717) is 5.69 Å². The number of nitrogens with one attached hydrogen (secondary N) is 1. The molecule has 2 unspecified atom stereocenters. The van der Waals surface area contributed by atoms with E-state index in [-0.39, 0.29) is 25.1 Å². The summed E-state index contributed by atoms with van der Waals surface area (Å²) in [6, 6.07) is 6.91. The Kier molecular flexibility index (Phi) is 5.32. The van der Waals surface area contributed by atoms with Crippen LogP contribution in [0.5, 0.6) is 0 Å². The molecule has 4 nitrogen and oxygen atoms in total. The second kappa shape index (κ2) is 7.41. The highest BCUT2D eigenvalue weighted by atomic mass is 19.4. The van der Waals surface area contributed by atoms with E-state index >= 15 is 4.39 Å². The largest absolute Gasteiger partial charge is 0.416 e. The minimum atomic E-state index is -4.43. The van der Waals surface area contributed by atoms with Crippen molar-refractivity contribution in [1.82, 2.24) is 9.88 Å². The highest BCUT2D eigenvalue weighted by Crippen LogP contribution is 2.40. The summed E-state index contributed by atoms with van der Waals surface area (Å²) in [4.78, 5) is 18.2. The quantitative estimate of drug-likeness (QED) is 0.703. The minimum Gasteiger partial charge on any atom is -0.322 e. The van der Waals surface area contributed by atoms with Gasteiger partial charge in [-0.3, -0.25) is 4.98 Å². The topological polar surface area (TPSA) is 45.2 Å². The number of carbonyl (C=O) groups excluding carboxylic acids is 1. The molecule has 0 aliphatic carbocycles. The van der Waals surface area contributed by atoms with Gasteiger partial charge in [-0.15, -0.1) is 0 Å². The Morgan fingerprint density at radius 2 is 1.93 bits per heavy atom. The summed E-state index contributed by atoms with van der Waals surface area (Å²) in [6.07, 6.45) is -2.67. The predicted molar refractivity (Wildman–Crippen MR) is 97.6 cm³/mol. The number of aromatic nitrogens is 1. The number of aryl methyl sites for hydroxylation is 1. The lowest BCUT2D eigenvalue weighted by Gasteiger charge is -2.41. The number of carbonyl (C=O) groups is 1. The van der Waals surface area contributed by atoms with E-state index in [1.54, 1.807) is 32.2 Å². The van der Waals surface area contributed by atoms with Crippen molar-refractivity contribution in [2.75, 3.05) is 11.9 Å². The average molecular weight is 395 g/mol. The van der Waals surface area contributed by atoms with Gasteiger partial charge in [-0.1, -0.05) is 6.07 Å². The van der Waals surface area contributed by atoms with Gasteiger partial charge in [0.05, 0.1) is 11.3 Å². The van der Waals surface area contributed by atoms with Gasteiger partial charge in [0.2, 0.25) is 0 Å². The Morgan fingerprint density at radius 1 is 1.25 bits per heavy atom. The fourth-order valence-corrected chi connectivity index (χ4v) is 3.61. The van der Waals surface area contributed by atoms with Crippen LogP contribution < -0.4 is 5.32 Å². The summed E-state index contributed by atoms with van der Waals surface area (Å²) in [5, 5.41) is 2.58. The fourth-order valence-electron chi connectivity index (χ4n) is 3.61. The van der Waals surface area contributed by atoms with Crippen LogP contribution >= 0.6 is 0 Å². The first-order chi connectivity index (χ1) is 13.1. The van der Waals surface area contributed by atoms with Crippen LogP contribution in [0.4, 0.5) is 28.0 Å². The SMILES string of the molecule is Cc1cccnc1C1(F)CCN(C(=O)Nc2ccc(C(F)(F)F)cc2)C(C)C1. The van der Waals surface area contributed by atoms with Crippen LogP contribution in [-0.4, -0.2) is 28.5 Å². The summed E-state index contributed by atoms with van der Waals surface area (Å²) in [6.45, 7) is 3.73. The van der Waals surface area contributed by atoms with Gasteiger partial charge in [-0.05, 0) is 49.7 Å². The van der Waals surface area contributed by atoms with Gasteiger partial charge in [0.1, 0.15) is 0 Å². The second-order valence-corrected chi connectivity index (χ2v) is 7.14. The van der Waals surface area contributed by atoms with Crippen LogP contribution in [0.3, 0.4) is 0 Å². The maximum absolute atomic E-state index is 15.5. The Bertz CT molecular complexity index is 853. The summed E-state index contributed by atoms with van der Waals surface area (Å²) >= 11 is 0. The lowest BCUT2D eigenvalue weighted by Crippen LogP contribution is -2.50. The Hall–Kier alpha value is -2.64. The van der Waals surface area contributed by atoms with Crippen molar-refractivity contribution >= 4 is 11.7 Å². The van der Waals surface area contributed by atoms with E-state index in [1.807, 2.05) is 0 Å². The number of pyridine rings is 1. The highest BCUT2D eigenvalue weighted by molar-refractivity contribution is 5.89. The Balaban J connectivity index is 1.67. The van der Waals surface area contributed by atoms with Crippen LogP contribution in [0.25, 0.3) is 0 Å². The third-order valence-corrected chi connectivity index (χ3v) is 5.06. The summed E-state index contributed by atoms with van der Waals surface area (Å²) < 4.78 is 53.4. The van der Waals surface area contributed by atoms with E-state index in [2.05, 4.69) is 10.3 Å². The lowest BCUT2D eigenvalue weighted by atomic mass is 9.84. The number of rotatable bonds is 2. The van der Waals surface area contributed by atoms with Gasteiger partial charge in [0.15, 0.2) is 5.67 Å². The van der Waals surface area contributed by atoms with Crippen molar-refractivity contribution in [3.8, 4) is 0 Å². The van der Waals surface area contributed by atoms with Gasteiger partial charge in [-0.2, -0.15) is 13.2 Å². The van der Waals surface area contributed by atoms with Gasteiger partial charge < -0.3 is 10.2 Å². The molecule has 1 aromatic carbocycles. The normalized spacial score (nSPS) is 22.8. The Morgan fingerprint density at radius 3 is 2.50 bits per heavy atom. The van der Waals surface area contributed by atoms with Crippen molar-refractivity contribution in [3.63, 3.8) is 0 Å². The minimum absolute atomic E-state index is 0.102. The molecule has 1 aliphatic rings. The molecule has 0 spiro atoms. The molecule has 0 bridgehead atoms. The monoisotopic (exact) mass is 395 g/mol. The molecule has 1 fully saturated rings. The number of anilines is 1. The maximum Gasteiger partial charge on any atom is 0.416 e. The van der Waals surface area contributed by atoms with E-state index in [9.17, 15) is 18.0 Å². The van der Waals surface area contributed by atoms with E-state index < -0.39 is 29.5 Å². The molecule has 1 aromatic heterocycles. The van der Waals surface area contributed by atoms with E-state index in [1.165, 1.54) is 17.0 Å². The van der Waals surface area contributed by atoms with Crippen molar-refractivity contribution in [1.29, 1.82) is 0 Å². The van der Waals surface area contributed by atoms with Crippen LogP contribution in [-0.2, 0) is 11.8 Å². The molecule has 2 amide bonds. The standard InChI is InChI=1S/C20H21F4N3O/c1-13-4-3-10-25-17(13)19(21)9-11-27(14(2)12-19)18(28)26-16-7-5-15(6-8-16)20(22,23)24/h3-8,10,14H,9,11-12H2,1-2H3,(H,26,28). The molecular formula is C20H21F4N3O. The number of likely N-dealkylation sites (tertiary alicyclic amines) is 1. The van der Waals surface area contributed by atoms with Gasteiger partial charge >= 0.3 is 12.2 Å². The number of hydrogen-bond acceptors (Lipinski definition) is 2. The smallest absolute Gasteiger partial charge is 0.322 e. The summed E-state index contributed by atoms with van der Waals surface area (Å²) in [5.41, 5.74) is -0.993. The molecule has 0 radical (unpaired) electrons. The number of alkyl halides is 4. The Labute approximate surface area is 160 Å². The molecule has 2 atom stereocenters. The summed E-state index contributed by atoms with van der Waals surface area (Å²) in [7, 11) is 0. The van der Waals surface area contributed by atoms with Crippen LogP contribution in [0.2, 0.25) is 0 Å². The van der Waals surface area contributed by atoms with Gasteiger partial charge in [-0.25, -0.2) is 9.18 Å². The molecule has 150 valence electrons. The van der Waals surface area contributed by atoms with Crippen molar-refractivity contribution < 1.29 is 22.4 Å². The maximum atomic E-state index is 15.5. The third kappa shape index (κ3) is 4.10. The first kappa shape index (κ1) is 20.1. The van der Waals surface area contributed by atoms with Crippen molar-refractivity contribution in [2.24, 2.45) is 0 Å². The van der Waals surface area contributed by atoms with Crippen LogP contribution in [0.1, 0.15) is 36.6 Å². The second-order valence-electron chi connectivity index (χ2n) is 7.14. The van der Waals surface area contributed by atoms with E-state index in [0.717, 1.165) is 17.7 Å². The number of piperidine rings is 1. The zero-order valence-electron chi connectivity index (χ0n) is 15.6.